The number of hydrogen-bond donors (Lipinski definition) is 0. The summed E-state index contributed by atoms with van der Waals surface area (Å²) in [6, 6.07) is 27.6. The molecule has 3 aromatic carbocycles. The summed E-state index contributed by atoms with van der Waals surface area (Å²) in [5.74, 6) is 0. The molecule has 0 saturated carbocycles. The lowest BCUT2D eigenvalue weighted by molar-refractivity contribution is 1.17. The summed E-state index contributed by atoms with van der Waals surface area (Å²) >= 11 is 0. The maximum atomic E-state index is 8.93. The largest absolute Gasteiger partial charge is 0.309 e. The minimum Gasteiger partial charge on any atom is -0.309 e. The zero-order chi connectivity index (χ0) is 14.2. The van der Waals surface area contributed by atoms with Gasteiger partial charge in [-0.3, -0.25) is 0 Å². The van der Waals surface area contributed by atoms with Gasteiger partial charge < -0.3 is 4.57 Å². The minimum absolute atomic E-state index is 0.625. The zero-order valence-electron chi connectivity index (χ0n) is 11.2. The molecule has 1 heterocycles. The predicted molar refractivity (Wildman–Crippen MR) is 84.3 cm³/mol. The maximum absolute atomic E-state index is 8.93. The van der Waals surface area contributed by atoms with Crippen LogP contribution < -0.4 is 0 Å². The van der Waals surface area contributed by atoms with Crippen LogP contribution in [0, 0.1) is 17.4 Å². The maximum Gasteiger partial charge on any atom is 0.0991 e. The monoisotopic (exact) mass is 267 g/mol. The van der Waals surface area contributed by atoms with Crippen LogP contribution in [0.1, 0.15) is 5.56 Å². The number of rotatable bonds is 1. The quantitative estimate of drug-likeness (QED) is 0.500. The molecule has 1 aromatic heterocycles. The van der Waals surface area contributed by atoms with E-state index in [1.807, 2.05) is 24.3 Å². The number of nitriles is 1. The van der Waals surface area contributed by atoms with Crippen LogP contribution in [0.4, 0.5) is 0 Å². The Bertz CT molecular complexity index is 932. The van der Waals surface area contributed by atoms with Gasteiger partial charge in [0.15, 0.2) is 0 Å². The summed E-state index contributed by atoms with van der Waals surface area (Å²) in [5, 5.41) is 11.4. The normalized spacial score (nSPS) is 10.8. The van der Waals surface area contributed by atoms with Gasteiger partial charge in [0.25, 0.3) is 0 Å². The Morgan fingerprint density at radius 2 is 1.43 bits per heavy atom. The third kappa shape index (κ3) is 1.72. The first-order valence-corrected chi connectivity index (χ1v) is 6.79. The summed E-state index contributed by atoms with van der Waals surface area (Å²) in [5.41, 5.74) is 3.88. The molecule has 0 aliphatic carbocycles. The highest BCUT2D eigenvalue weighted by Crippen LogP contribution is 2.31. The third-order valence-electron chi connectivity index (χ3n) is 3.75. The highest BCUT2D eigenvalue weighted by molar-refractivity contribution is 6.09. The van der Waals surface area contributed by atoms with E-state index >= 15 is 0 Å². The van der Waals surface area contributed by atoms with Crippen molar-refractivity contribution in [3.8, 4) is 11.8 Å². The summed E-state index contributed by atoms with van der Waals surface area (Å²) in [4.78, 5) is 0. The zero-order valence-corrected chi connectivity index (χ0v) is 11.2. The molecular weight excluding hydrogens is 256 g/mol. The summed E-state index contributed by atoms with van der Waals surface area (Å²) in [7, 11) is 0. The number of fused-ring (bicyclic) bond motifs is 3. The topological polar surface area (TPSA) is 28.7 Å². The van der Waals surface area contributed by atoms with Gasteiger partial charge in [-0.25, -0.2) is 0 Å². The van der Waals surface area contributed by atoms with Crippen molar-refractivity contribution in [1.82, 2.24) is 4.57 Å². The van der Waals surface area contributed by atoms with Gasteiger partial charge in [0.05, 0.1) is 28.4 Å². The minimum atomic E-state index is 0.625. The molecule has 21 heavy (non-hydrogen) atoms. The molecule has 0 saturated heterocycles. The predicted octanol–water partition coefficient (Wildman–Crippen LogP) is 4.46. The molecule has 0 unspecified atom stereocenters. The second-order valence-electron chi connectivity index (χ2n) is 4.94. The van der Waals surface area contributed by atoms with Gasteiger partial charge in [0.1, 0.15) is 0 Å². The molecule has 0 bridgehead atoms. The van der Waals surface area contributed by atoms with Crippen LogP contribution in [0.5, 0.6) is 0 Å². The smallest absolute Gasteiger partial charge is 0.0991 e. The number of hydrogen-bond acceptors (Lipinski definition) is 1. The van der Waals surface area contributed by atoms with Gasteiger partial charge in [0.2, 0.25) is 0 Å². The molecule has 4 aromatic rings. The molecule has 0 aliphatic rings. The van der Waals surface area contributed by atoms with Crippen LogP contribution in [0.3, 0.4) is 0 Å². The number of nitrogens with zero attached hydrogens (tertiary/aromatic N) is 2. The SMILES string of the molecule is N#Cc1c[c]c(-n2c3ccccc3c3ccccc32)cc1. The molecule has 4 rings (SSSR count). The van der Waals surface area contributed by atoms with E-state index < -0.39 is 0 Å². The fourth-order valence-electron chi connectivity index (χ4n) is 2.81. The van der Waals surface area contributed by atoms with Crippen LogP contribution in [0.25, 0.3) is 27.5 Å². The standard InChI is InChI=1S/C19H11N2/c20-13-14-9-11-15(12-10-14)21-18-7-3-1-5-16(18)17-6-2-4-8-19(17)21/h1-11H. The van der Waals surface area contributed by atoms with Crippen LogP contribution in [0.15, 0.2) is 66.7 Å². The molecule has 0 amide bonds. The average Bonchev–Trinajstić information content (AvgIpc) is 2.90. The number of benzene rings is 3. The van der Waals surface area contributed by atoms with Crippen LogP contribution in [0.2, 0.25) is 0 Å². The molecule has 97 valence electrons. The van der Waals surface area contributed by atoms with E-state index in [1.54, 1.807) is 6.07 Å². The van der Waals surface area contributed by atoms with E-state index in [0.29, 0.717) is 5.56 Å². The molecule has 0 spiro atoms. The fraction of sp³-hybridized carbons (Fsp3) is 0. The highest BCUT2D eigenvalue weighted by Gasteiger charge is 2.10. The van der Waals surface area contributed by atoms with Gasteiger partial charge in [-0.15, -0.1) is 0 Å². The molecule has 0 N–H and O–H groups in total. The molecule has 2 nitrogen and oxygen atoms in total. The van der Waals surface area contributed by atoms with Gasteiger partial charge in [-0.1, -0.05) is 36.4 Å². The lowest BCUT2D eigenvalue weighted by atomic mass is 10.2. The van der Waals surface area contributed by atoms with Crippen LogP contribution in [-0.2, 0) is 0 Å². The number of para-hydroxylation sites is 2. The van der Waals surface area contributed by atoms with E-state index in [2.05, 4.69) is 53.1 Å². The summed E-state index contributed by atoms with van der Waals surface area (Å²) in [6.45, 7) is 0. The third-order valence-corrected chi connectivity index (χ3v) is 3.75. The molecule has 2 heteroatoms. The first-order valence-electron chi connectivity index (χ1n) is 6.79. The van der Waals surface area contributed by atoms with E-state index in [9.17, 15) is 0 Å². The van der Waals surface area contributed by atoms with E-state index in [-0.39, 0.29) is 0 Å². The second-order valence-corrected chi connectivity index (χ2v) is 4.94. The van der Waals surface area contributed by atoms with E-state index in [4.69, 9.17) is 5.26 Å². The van der Waals surface area contributed by atoms with Gasteiger partial charge in [-0.2, -0.15) is 5.26 Å². The lowest BCUT2D eigenvalue weighted by Gasteiger charge is -2.07. The van der Waals surface area contributed by atoms with Gasteiger partial charge >= 0.3 is 0 Å². The van der Waals surface area contributed by atoms with Crippen molar-refractivity contribution in [3.63, 3.8) is 0 Å². The molecule has 0 fully saturated rings. The Labute approximate surface area is 122 Å². The molecular formula is C19H11N2. The fourth-order valence-corrected chi connectivity index (χ4v) is 2.81. The van der Waals surface area contributed by atoms with Gasteiger partial charge in [0, 0.05) is 16.8 Å². The van der Waals surface area contributed by atoms with Crippen molar-refractivity contribution in [2.75, 3.05) is 0 Å². The van der Waals surface area contributed by atoms with Crippen LogP contribution in [-0.4, -0.2) is 4.57 Å². The summed E-state index contributed by atoms with van der Waals surface area (Å²) < 4.78 is 2.19. The Hall–Kier alpha value is -3.05. The Morgan fingerprint density at radius 1 is 0.810 bits per heavy atom. The van der Waals surface area contributed by atoms with E-state index in [0.717, 1.165) is 16.7 Å². The average molecular weight is 267 g/mol. The Balaban J connectivity index is 2.12. The first kappa shape index (κ1) is 11.7. The van der Waals surface area contributed by atoms with Crippen molar-refractivity contribution in [1.29, 1.82) is 5.26 Å². The van der Waals surface area contributed by atoms with Crippen molar-refractivity contribution >= 4 is 21.8 Å². The summed E-state index contributed by atoms with van der Waals surface area (Å²) in [6.07, 6.45) is 0. The first-order chi connectivity index (χ1) is 10.4. The van der Waals surface area contributed by atoms with Crippen molar-refractivity contribution < 1.29 is 0 Å². The van der Waals surface area contributed by atoms with Gasteiger partial charge in [-0.05, 0) is 30.3 Å². The van der Waals surface area contributed by atoms with Crippen molar-refractivity contribution in [2.24, 2.45) is 0 Å². The van der Waals surface area contributed by atoms with E-state index in [1.165, 1.54) is 10.8 Å². The van der Waals surface area contributed by atoms with Crippen LogP contribution >= 0.6 is 0 Å². The second kappa shape index (κ2) is 4.50. The van der Waals surface area contributed by atoms with Crippen molar-refractivity contribution in [2.45, 2.75) is 0 Å². The lowest BCUT2D eigenvalue weighted by Crippen LogP contribution is -1.93. The number of aromatic nitrogens is 1. The molecule has 0 aliphatic heterocycles. The highest BCUT2D eigenvalue weighted by atomic mass is 15.0. The Kier molecular flexibility index (Phi) is 2.52. The Morgan fingerprint density at radius 3 is 1.95 bits per heavy atom. The molecule has 1 radical (unpaired) electrons. The van der Waals surface area contributed by atoms with Crippen molar-refractivity contribution in [3.05, 3.63) is 78.4 Å². The molecule has 0 atom stereocenters.